The van der Waals surface area contributed by atoms with Crippen molar-refractivity contribution < 1.29 is 4.79 Å². The van der Waals surface area contributed by atoms with Crippen LogP contribution in [0.25, 0.3) is 0 Å². The minimum Gasteiger partial charge on any atom is -0.345 e. The molecule has 0 fully saturated rings. The molecule has 6 nitrogen and oxygen atoms in total. The number of amides is 1. The van der Waals surface area contributed by atoms with Gasteiger partial charge in [-0.3, -0.25) is 4.79 Å². The fraction of sp³-hybridized carbons (Fsp3) is 0.364. The van der Waals surface area contributed by atoms with E-state index in [1.165, 1.54) is 29.3 Å². The Labute approximate surface area is 175 Å². The molecule has 2 aromatic heterocycles. The summed E-state index contributed by atoms with van der Waals surface area (Å²) in [6.07, 6.45) is 6.17. The lowest BCUT2D eigenvalue weighted by Crippen LogP contribution is -2.25. The smallest absolute Gasteiger partial charge is 0.254 e. The summed E-state index contributed by atoms with van der Waals surface area (Å²) in [5.41, 5.74) is 3.05. The molecule has 0 atom stereocenters. The molecule has 7 heteroatoms. The van der Waals surface area contributed by atoms with Gasteiger partial charge in [-0.15, -0.1) is 10.2 Å². The number of benzene rings is 1. The number of pyridine rings is 1. The van der Waals surface area contributed by atoms with E-state index >= 15 is 0 Å². The predicted octanol–water partition coefficient (Wildman–Crippen LogP) is 4.10. The quantitative estimate of drug-likeness (QED) is 0.689. The van der Waals surface area contributed by atoms with Crippen LogP contribution in [0.1, 0.15) is 52.4 Å². The lowest BCUT2D eigenvalue weighted by Gasteiger charge is -2.11. The van der Waals surface area contributed by atoms with Gasteiger partial charge in [-0.05, 0) is 62.1 Å². The number of hydrogen-bond acceptors (Lipinski definition) is 5. The summed E-state index contributed by atoms with van der Waals surface area (Å²) >= 11 is 1.51. The standard InChI is InChI=1S/C22H25N5OS/c1-15-9-10-17(13-16(15)2)29-22-18(7-6-11-23-22)21(28)24-14-20-26-25-19-8-4-3-5-12-27(19)20/h6-7,9-11,13H,3-5,8,12,14H2,1-2H3,(H,24,28). The van der Waals surface area contributed by atoms with Crippen molar-refractivity contribution in [1.29, 1.82) is 0 Å². The van der Waals surface area contributed by atoms with E-state index in [1.807, 2.05) is 6.07 Å². The van der Waals surface area contributed by atoms with E-state index < -0.39 is 0 Å². The first kappa shape index (κ1) is 19.6. The minimum absolute atomic E-state index is 0.143. The number of carbonyl (C=O) groups excluding carboxylic acids is 1. The van der Waals surface area contributed by atoms with Crippen molar-refractivity contribution in [2.75, 3.05) is 0 Å². The van der Waals surface area contributed by atoms with Gasteiger partial charge in [0.05, 0.1) is 12.1 Å². The Kier molecular flexibility index (Phi) is 5.94. The van der Waals surface area contributed by atoms with Gasteiger partial charge in [0.1, 0.15) is 10.9 Å². The molecule has 1 aromatic carbocycles. The fourth-order valence-electron chi connectivity index (χ4n) is 3.46. The molecule has 1 N–H and O–H groups in total. The zero-order chi connectivity index (χ0) is 20.2. The van der Waals surface area contributed by atoms with Crippen LogP contribution < -0.4 is 5.32 Å². The van der Waals surface area contributed by atoms with Crippen molar-refractivity contribution in [3.63, 3.8) is 0 Å². The topological polar surface area (TPSA) is 72.7 Å². The number of hydrogen-bond donors (Lipinski definition) is 1. The summed E-state index contributed by atoms with van der Waals surface area (Å²) < 4.78 is 2.15. The molecule has 0 unspecified atom stereocenters. The predicted molar refractivity (Wildman–Crippen MR) is 113 cm³/mol. The first-order valence-corrected chi connectivity index (χ1v) is 10.8. The Balaban J connectivity index is 1.48. The Morgan fingerprint density at radius 2 is 2.03 bits per heavy atom. The molecule has 29 heavy (non-hydrogen) atoms. The fourth-order valence-corrected chi connectivity index (χ4v) is 4.44. The van der Waals surface area contributed by atoms with E-state index in [4.69, 9.17) is 0 Å². The van der Waals surface area contributed by atoms with Crippen LogP contribution in [0.5, 0.6) is 0 Å². The molecule has 0 saturated heterocycles. The number of aryl methyl sites for hydroxylation is 3. The summed E-state index contributed by atoms with van der Waals surface area (Å²) in [7, 11) is 0. The zero-order valence-corrected chi connectivity index (χ0v) is 17.6. The molecule has 0 bridgehead atoms. The van der Waals surface area contributed by atoms with Crippen molar-refractivity contribution in [2.45, 2.75) is 62.5 Å². The molecule has 0 aliphatic carbocycles. The van der Waals surface area contributed by atoms with Gasteiger partial charge in [0, 0.05) is 24.1 Å². The third-order valence-corrected chi connectivity index (χ3v) is 6.31. The molecular weight excluding hydrogens is 382 g/mol. The van der Waals surface area contributed by atoms with Crippen LogP contribution in [-0.2, 0) is 19.5 Å². The molecule has 150 valence electrons. The molecule has 0 radical (unpaired) electrons. The third-order valence-electron chi connectivity index (χ3n) is 5.30. The molecule has 1 aliphatic rings. The summed E-state index contributed by atoms with van der Waals surface area (Å²) in [5, 5.41) is 12.3. The van der Waals surface area contributed by atoms with E-state index in [9.17, 15) is 4.79 Å². The van der Waals surface area contributed by atoms with Crippen LogP contribution >= 0.6 is 11.8 Å². The van der Waals surface area contributed by atoms with E-state index in [0.717, 1.165) is 42.4 Å². The highest BCUT2D eigenvalue weighted by atomic mass is 32.2. The average Bonchev–Trinajstić information content (AvgIpc) is 2.95. The summed E-state index contributed by atoms with van der Waals surface area (Å²) in [4.78, 5) is 18.4. The maximum Gasteiger partial charge on any atom is 0.254 e. The summed E-state index contributed by atoms with van der Waals surface area (Å²) in [6, 6.07) is 9.90. The Morgan fingerprint density at radius 1 is 1.14 bits per heavy atom. The monoisotopic (exact) mass is 407 g/mol. The third kappa shape index (κ3) is 4.50. The Morgan fingerprint density at radius 3 is 2.90 bits per heavy atom. The number of nitrogens with zero attached hydrogens (tertiary/aromatic N) is 4. The van der Waals surface area contributed by atoms with Crippen LogP contribution in [0.3, 0.4) is 0 Å². The number of carbonyl (C=O) groups is 1. The second-order valence-electron chi connectivity index (χ2n) is 7.38. The van der Waals surface area contributed by atoms with Crippen LogP contribution in [0, 0.1) is 13.8 Å². The van der Waals surface area contributed by atoms with E-state index in [2.05, 4.69) is 57.1 Å². The van der Waals surface area contributed by atoms with Gasteiger partial charge in [0.2, 0.25) is 0 Å². The molecule has 1 aliphatic heterocycles. The lowest BCUT2D eigenvalue weighted by molar-refractivity contribution is 0.0945. The van der Waals surface area contributed by atoms with Gasteiger partial charge in [0.15, 0.2) is 5.82 Å². The first-order chi connectivity index (χ1) is 14.1. The van der Waals surface area contributed by atoms with Gasteiger partial charge in [-0.1, -0.05) is 24.2 Å². The van der Waals surface area contributed by atoms with Gasteiger partial charge in [-0.2, -0.15) is 0 Å². The second-order valence-corrected chi connectivity index (χ2v) is 8.44. The first-order valence-electron chi connectivity index (χ1n) is 10.0. The van der Waals surface area contributed by atoms with Crippen molar-refractivity contribution >= 4 is 17.7 Å². The Hall–Kier alpha value is -2.67. The highest BCUT2D eigenvalue weighted by molar-refractivity contribution is 7.99. The van der Waals surface area contributed by atoms with Crippen molar-refractivity contribution in [1.82, 2.24) is 25.1 Å². The van der Waals surface area contributed by atoms with Crippen LogP contribution in [0.15, 0.2) is 46.5 Å². The minimum atomic E-state index is -0.143. The van der Waals surface area contributed by atoms with E-state index in [1.54, 1.807) is 12.3 Å². The Bertz CT molecular complexity index is 1030. The van der Waals surface area contributed by atoms with Crippen LogP contribution in [-0.4, -0.2) is 25.7 Å². The summed E-state index contributed by atoms with van der Waals surface area (Å²) in [6.45, 7) is 5.48. The molecular formula is C22H25N5OS. The number of fused-ring (bicyclic) bond motifs is 1. The molecule has 3 aromatic rings. The highest BCUT2D eigenvalue weighted by Crippen LogP contribution is 2.30. The number of rotatable bonds is 5. The van der Waals surface area contributed by atoms with Gasteiger partial charge in [0.25, 0.3) is 5.91 Å². The number of nitrogens with one attached hydrogen (secondary N) is 1. The van der Waals surface area contributed by atoms with Crippen molar-refractivity contribution in [3.8, 4) is 0 Å². The number of aromatic nitrogens is 4. The van der Waals surface area contributed by atoms with E-state index in [-0.39, 0.29) is 5.91 Å². The zero-order valence-electron chi connectivity index (χ0n) is 16.8. The SMILES string of the molecule is Cc1ccc(Sc2ncccc2C(=O)NCc2nnc3n2CCCCC3)cc1C. The average molecular weight is 408 g/mol. The van der Waals surface area contributed by atoms with Crippen molar-refractivity contribution in [3.05, 3.63) is 64.9 Å². The molecule has 3 heterocycles. The maximum absolute atomic E-state index is 12.9. The second kappa shape index (κ2) is 8.78. The van der Waals surface area contributed by atoms with Crippen LogP contribution in [0.2, 0.25) is 0 Å². The highest BCUT2D eigenvalue weighted by Gasteiger charge is 2.17. The molecule has 4 rings (SSSR count). The van der Waals surface area contributed by atoms with Gasteiger partial charge < -0.3 is 9.88 Å². The van der Waals surface area contributed by atoms with E-state index in [0.29, 0.717) is 17.1 Å². The lowest BCUT2D eigenvalue weighted by atomic mass is 10.1. The summed E-state index contributed by atoms with van der Waals surface area (Å²) in [5.74, 6) is 1.71. The normalized spacial score (nSPS) is 13.6. The molecule has 0 spiro atoms. The molecule has 0 saturated carbocycles. The van der Waals surface area contributed by atoms with Gasteiger partial charge >= 0.3 is 0 Å². The maximum atomic E-state index is 12.9. The van der Waals surface area contributed by atoms with Crippen molar-refractivity contribution in [2.24, 2.45) is 0 Å². The van der Waals surface area contributed by atoms with Crippen LogP contribution in [0.4, 0.5) is 0 Å². The van der Waals surface area contributed by atoms with Gasteiger partial charge in [-0.25, -0.2) is 4.98 Å². The molecule has 1 amide bonds. The largest absolute Gasteiger partial charge is 0.345 e.